The summed E-state index contributed by atoms with van der Waals surface area (Å²) in [7, 11) is 0. The molecular formula is C11H20ClN. The highest BCUT2D eigenvalue weighted by molar-refractivity contribution is 6.17. The van der Waals surface area contributed by atoms with Gasteiger partial charge < -0.3 is 4.90 Å². The van der Waals surface area contributed by atoms with Crippen LogP contribution in [0, 0.1) is 11.8 Å². The van der Waals surface area contributed by atoms with Crippen molar-refractivity contribution in [1.82, 2.24) is 4.90 Å². The molecule has 0 radical (unpaired) electrons. The summed E-state index contributed by atoms with van der Waals surface area (Å²) in [5, 5.41) is 0. The molecule has 1 aliphatic carbocycles. The summed E-state index contributed by atoms with van der Waals surface area (Å²) in [6.07, 6.45) is 6.97. The summed E-state index contributed by atoms with van der Waals surface area (Å²) in [4.78, 5) is 2.65. The van der Waals surface area contributed by atoms with Crippen molar-refractivity contribution in [3.8, 4) is 0 Å². The first-order chi connectivity index (χ1) is 6.40. The van der Waals surface area contributed by atoms with E-state index in [0.29, 0.717) is 0 Å². The fourth-order valence-corrected chi connectivity index (χ4v) is 3.13. The Morgan fingerprint density at radius 1 is 1.08 bits per heavy atom. The van der Waals surface area contributed by atoms with Crippen molar-refractivity contribution in [2.75, 3.05) is 25.5 Å². The van der Waals surface area contributed by atoms with E-state index >= 15 is 0 Å². The minimum atomic E-state index is 0.834. The van der Waals surface area contributed by atoms with Crippen molar-refractivity contribution < 1.29 is 0 Å². The molecule has 1 saturated heterocycles. The molecule has 1 nitrogen and oxygen atoms in total. The van der Waals surface area contributed by atoms with Gasteiger partial charge in [0.15, 0.2) is 0 Å². The maximum absolute atomic E-state index is 5.66. The molecule has 1 saturated carbocycles. The number of fused-ring (bicyclic) bond motifs is 1. The molecule has 0 aromatic carbocycles. The zero-order valence-corrected chi connectivity index (χ0v) is 9.10. The lowest BCUT2D eigenvalue weighted by atomic mass is 10.0. The second kappa shape index (κ2) is 4.65. The lowest BCUT2D eigenvalue weighted by Crippen LogP contribution is -2.22. The average Bonchev–Trinajstić information content (AvgIpc) is 2.64. The molecule has 0 spiro atoms. The number of nitrogens with zero attached hydrogens (tertiary/aromatic N) is 1. The molecule has 76 valence electrons. The van der Waals surface area contributed by atoms with Gasteiger partial charge in [0.05, 0.1) is 0 Å². The fourth-order valence-electron chi connectivity index (χ4n) is 2.94. The van der Waals surface area contributed by atoms with Gasteiger partial charge in [-0.25, -0.2) is 0 Å². The third-order valence-corrected chi connectivity index (χ3v) is 3.93. The standard InChI is InChI=1S/C11H20ClN/c12-6-1-2-7-13-8-10-4-3-5-11(10)9-13/h10-11H,1-9H2. The van der Waals surface area contributed by atoms with Crippen molar-refractivity contribution in [3.63, 3.8) is 0 Å². The minimum absolute atomic E-state index is 0.834. The summed E-state index contributed by atoms with van der Waals surface area (Å²) in [5.74, 6) is 2.94. The van der Waals surface area contributed by atoms with Crippen LogP contribution >= 0.6 is 11.6 Å². The van der Waals surface area contributed by atoms with Crippen molar-refractivity contribution in [1.29, 1.82) is 0 Å². The SMILES string of the molecule is ClCCCCN1CC2CCCC2C1. The van der Waals surface area contributed by atoms with E-state index in [4.69, 9.17) is 11.6 Å². The Labute approximate surface area is 86.4 Å². The number of hydrogen-bond acceptors (Lipinski definition) is 1. The first-order valence-electron chi connectivity index (χ1n) is 5.68. The molecule has 0 N–H and O–H groups in total. The lowest BCUT2D eigenvalue weighted by molar-refractivity contribution is 0.306. The Morgan fingerprint density at radius 3 is 2.38 bits per heavy atom. The molecule has 0 aromatic rings. The third-order valence-electron chi connectivity index (χ3n) is 3.66. The van der Waals surface area contributed by atoms with Gasteiger partial charge in [-0.1, -0.05) is 6.42 Å². The number of unbranched alkanes of at least 4 members (excludes halogenated alkanes) is 1. The second-order valence-electron chi connectivity index (χ2n) is 4.61. The fraction of sp³-hybridized carbons (Fsp3) is 1.00. The minimum Gasteiger partial charge on any atom is -0.303 e. The van der Waals surface area contributed by atoms with E-state index in [1.807, 2.05) is 0 Å². The smallest absolute Gasteiger partial charge is 0.0223 e. The van der Waals surface area contributed by atoms with Gasteiger partial charge in [0, 0.05) is 19.0 Å². The molecule has 2 atom stereocenters. The monoisotopic (exact) mass is 201 g/mol. The van der Waals surface area contributed by atoms with Crippen LogP contribution in [-0.2, 0) is 0 Å². The first-order valence-corrected chi connectivity index (χ1v) is 6.22. The predicted octanol–water partition coefficient (Wildman–Crippen LogP) is 2.74. The summed E-state index contributed by atoms with van der Waals surface area (Å²) < 4.78 is 0. The van der Waals surface area contributed by atoms with Crippen LogP contribution in [0.5, 0.6) is 0 Å². The molecule has 1 aliphatic heterocycles. The van der Waals surface area contributed by atoms with Gasteiger partial charge >= 0.3 is 0 Å². The van der Waals surface area contributed by atoms with Crippen LogP contribution < -0.4 is 0 Å². The molecular weight excluding hydrogens is 182 g/mol. The first kappa shape index (κ1) is 9.79. The normalized spacial score (nSPS) is 33.9. The average molecular weight is 202 g/mol. The largest absolute Gasteiger partial charge is 0.303 e. The van der Waals surface area contributed by atoms with E-state index in [9.17, 15) is 0 Å². The molecule has 13 heavy (non-hydrogen) atoms. The van der Waals surface area contributed by atoms with E-state index in [1.54, 1.807) is 0 Å². The van der Waals surface area contributed by atoms with Gasteiger partial charge in [0.1, 0.15) is 0 Å². The summed E-state index contributed by atoms with van der Waals surface area (Å²) in [5.41, 5.74) is 0. The van der Waals surface area contributed by atoms with Gasteiger partial charge in [0.2, 0.25) is 0 Å². The highest BCUT2D eigenvalue weighted by atomic mass is 35.5. The number of rotatable bonds is 4. The maximum atomic E-state index is 5.66. The molecule has 1 heterocycles. The van der Waals surface area contributed by atoms with Crippen LogP contribution in [0.15, 0.2) is 0 Å². The van der Waals surface area contributed by atoms with E-state index in [0.717, 1.165) is 17.7 Å². The van der Waals surface area contributed by atoms with Crippen molar-refractivity contribution in [3.05, 3.63) is 0 Å². The molecule has 0 bridgehead atoms. The number of hydrogen-bond donors (Lipinski definition) is 0. The summed E-state index contributed by atoms with van der Waals surface area (Å²) in [6, 6.07) is 0. The van der Waals surface area contributed by atoms with E-state index < -0.39 is 0 Å². The van der Waals surface area contributed by atoms with Crippen LogP contribution in [0.2, 0.25) is 0 Å². The number of halogens is 1. The van der Waals surface area contributed by atoms with Gasteiger partial charge in [-0.2, -0.15) is 0 Å². The zero-order chi connectivity index (χ0) is 9.10. The zero-order valence-electron chi connectivity index (χ0n) is 8.34. The predicted molar refractivity (Wildman–Crippen MR) is 57.2 cm³/mol. The Bertz CT molecular complexity index is 148. The van der Waals surface area contributed by atoms with E-state index in [-0.39, 0.29) is 0 Å². The molecule has 2 unspecified atom stereocenters. The van der Waals surface area contributed by atoms with Crippen LogP contribution in [0.1, 0.15) is 32.1 Å². The van der Waals surface area contributed by atoms with Gasteiger partial charge in [-0.15, -0.1) is 11.6 Å². The van der Waals surface area contributed by atoms with Crippen LogP contribution in [-0.4, -0.2) is 30.4 Å². The van der Waals surface area contributed by atoms with E-state index in [2.05, 4.69) is 4.90 Å². The van der Waals surface area contributed by atoms with Crippen LogP contribution in [0.25, 0.3) is 0 Å². The lowest BCUT2D eigenvalue weighted by Gasteiger charge is -2.15. The van der Waals surface area contributed by atoms with Crippen molar-refractivity contribution in [2.24, 2.45) is 11.8 Å². The Kier molecular flexibility index (Phi) is 3.51. The number of likely N-dealkylation sites (tertiary alicyclic amines) is 1. The number of alkyl halides is 1. The molecule has 2 rings (SSSR count). The van der Waals surface area contributed by atoms with Gasteiger partial charge in [-0.05, 0) is 44.1 Å². The topological polar surface area (TPSA) is 3.24 Å². The van der Waals surface area contributed by atoms with Crippen molar-refractivity contribution in [2.45, 2.75) is 32.1 Å². The Hall–Kier alpha value is 0.250. The maximum Gasteiger partial charge on any atom is 0.0223 e. The highest BCUT2D eigenvalue weighted by Crippen LogP contribution is 2.37. The highest BCUT2D eigenvalue weighted by Gasteiger charge is 2.35. The van der Waals surface area contributed by atoms with Crippen LogP contribution in [0.3, 0.4) is 0 Å². The van der Waals surface area contributed by atoms with Crippen molar-refractivity contribution >= 4 is 11.6 Å². The van der Waals surface area contributed by atoms with Crippen LogP contribution in [0.4, 0.5) is 0 Å². The molecule has 2 fully saturated rings. The summed E-state index contributed by atoms with van der Waals surface area (Å²) >= 11 is 5.66. The molecule has 0 aromatic heterocycles. The molecule has 2 heteroatoms. The third kappa shape index (κ3) is 2.38. The molecule has 0 amide bonds. The summed E-state index contributed by atoms with van der Waals surface area (Å²) in [6.45, 7) is 4.06. The molecule has 2 aliphatic rings. The van der Waals surface area contributed by atoms with E-state index in [1.165, 1.54) is 51.7 Å². The quantitative estimate of drug-likeness (QED) is 0.500. The van der Waals surface area contributed by atoms with Gasteiger partial charge in [0.25, 0.3) is 0 Å². The Balaban J connectivity index is 1.67. The second-order valence-corrected chi connectivity index (χ2v) is 4.98. The Morgan fingerprint density at radius 2 is 1.77 bits per heavy atom. The van der Waals surface area contributed by atoms with Gasteiger partial charge in [-0.3, -0.25) is 0 Å².